The summed E-state index contributed by atoms with van der Waals surface area (Å²) in [5.74, 6) is 1.50. The van der Waals surface area contributed by atoms with E-state index in [2.05, 4.69) is 34.7 Å². The number of benzene rings is 1. The van der Waals surface area contributed by atoms with Crippen LogP contribution in [0, 0.1) is 0 Å². The van der Waals surface area contributed by atoms with Crippen LogP contribution in [0.4, 0.5) is 0 Å². The zero-order valence-corrected chi connectivity index (χ0v) is 14.3. The minimum atomic E-state index is -0.778. The van der Waals surface area contributed by atoms with Crippen LogP contribution in [-0.4, -0.2) is 29.0 Å². The lowest BCUT2D eigenvalue weighted by Crippen LogP contribution is -2.37. The molecule has 1 aromatic carbocycles. The van der Waals surface area contributed by atoms with E-state index in [1.807, 2.05) is 12.1 Å². The number of rotatable bonds is 4. The summed E-state index contributed by atoms with van der Waals surface area (Å²) < 4.78 is 11.1. The summed E-state index contributed by atoms with van der Waals surface area (Å²) in [6.07, 6.45) is 1.72. The van der Waals surface area contributed by atoms with Crippen molar-refractivity contribution in [3.8, 4) is 0 Å². The maximum absolute atomic E-state index is 11.1. The Bertz CT molecular complexity index is 461. The van der Waals surface area contributed by atoms with E-state index in [0.717, 1.165) is 24.6 Å². The fraction of sp³-hybridized carbons (Fsp3) is 0.462. The van der Waals surface area contributed by atoms with E-state index in [4.69, 9.17) is 0 Å². The van der Waals surface area contributed by atoms with Gasteiger partial charge in [0, 0.05) is 35.4 Å². The van der Waals surface area contributed by atoms with Crippen LogP contribution in [0.25, 0.3) is 0 Å². The van der Waals surface area contributed by atoms with E-state index < -0.39 is 10.8 Å². The summed E-state index contributed by atoms with van der Waals surface area (Å²) in [6.45, 7) is 3.70. The average molecular weight is 393 g/mol. The highest BCUT2D eigenvalue weighted by atomic mass is 127. The maximum Gasteiger partial charge on any atom is 0.191 e. The van der Waals surface area contributed by atoms with Crippen LogP contribution in [0.15, 0.2) is 29.3 Å². The largest absolute Gasteiger partial charge is 0.352 e. The Morgan fingerprint density at radius 3 is 2.53 bits per heavy atom. The fourth-order valence-corrected chi connectivity index (χ4v) is 2.50. The molecule has 0 saturated carbocycles. The van der Waals surface area contributed by atoms with Gasteiger partial charge in [-0.05, 0) is 18.1 Å². The maximum atomic E-state index is 11.1. The molecule has 0 fully saturated rings. The standard InChI is InChI=1S/C13H19N3OS.HI/c1-10-7-14-13(16-10)15-8-11-3-5-12(6-4-11)9-18(2)17;/h3-6,10H,7-9H2,1-2H3,(H2,14,15,16);1H. The normalized spacial score (nSPS) is 19.1. The van der Waals surface area contributed by atoms with E-state index in [-0.39, 0.29) is 24.0 Å². The second-order valence-electron chi connectivity index (χ2n) is 4.62. The van der Waals surface area contributed by atoms with Gasteiger partial charge in [0.1, 0.15) is 0 Å². The first kappa shape index (κ1) is 16.4. The number of aliphatic imine (C=N–C) groups is 1. The van der Waals surface area contributed by atoms with Gasteiger partial charge in [-0.2, -0.15) is 0 Å². The van der Waals surface area contributed by atoms with E-state index in [1.54, 1.807) is 6.26 Å². The van der Waals surface area contributed by atoms with Gasteiger partial charge in [0.05, 0.1) is 6.54 Å². The van der Waals surface area contributed by atoms with Gasteiger partial charge in [-0.3, -0.25) is 9.20 Å². The van der Waals surface area contributed by atoms with Crippen LogP contribution in [-0.2, 0) is 23.1 Å². The highest BCUT2D eigenvalue weighted by Gasteiger charge is 2.11. The smallest absolute Gasteiger partial charge is 0.191 e. The Morgan fingerprint density at radius 1 is 1.37 bits per heavy atom. The molecular weight excluding hydrogens is 373 g/mol. The third-order valence-corrected chi connectivity index (χ3v) is 3.50. The molecule has 4 nitrogen and oxygen atoms in total. The Hall–Kier alpha value is -0.630. The number of halogens is 1. The molecule has 2 unspecified atom stereocenters. The summed E-state index contributed by atoms with van der Waals surface area (Å²) in [5, 5.41) is 6.53. The third kappa shape index (κ3) is 5.48. The van der Waals surface area contributed by atoms with Crippen LogP contribution < -0.4 is 10.6 Å². The molecule has 1 aliphatic rings. The zero-order chi connectivity index (χ0) is 13.0. The van der Waals surface area contributed by atoms with E-state index in [1.165, 1.54) is 5.56 Å². The molecule has 1 aliphatic heterocycles. The van der Waals surface area contributed by atoms with Crippen molar-refractivity contribution in [2.45, 2.75) is 25.3 Å². The number of hydrogen-bond donors (Lipinski definition) is 2. The molecule has 1 heterocycles. The molecule has 0 bridgehead atoms. The van der Waals surface area contributed by atoms with E-state index in [0.29, 0.717) is 11.8 Å². The Labute approximate surface area is 133 Å². The predicted octanol–water partition coefficient (Wildman–Crippen LogP) is 1.62. The molecule has 0 radical (unpaired) electrons. The highest BCUT2D eigenvalue weighted by molar-refractivity contribution is 14.0. The highest BCUT2D eigenvalue weighted by Crippen LogP contribution is 2.06. The quantitative estimate of drug-likeness (QED) is 0.765. The summed E-state index contributed by atoms with van der Waals surface area (Å²) in [7, 11) is -0.778. The SMILES string of the molecule is CC1CN=C(NCc2ccc(CS(C)=O)cc2)N1.I. The minimum Gasteiger partial charge on any atom is -0.352 e. The van der Waals surface area contributed by atoms with Crippen LogP contribution in [0.3, 0.4) is 0 Å². The van der Waals surface area contributed by atoms with Gasteiger partial charge >= 0.3 is 0 Å². The molecule has 2 rings (SSSR count). The molecular formula is C13H20IN3OS. The molecule has 0 saturated heterocycles. The second-order valence-corrected chi connectivity index (χ2v) is 6.06. The van der Waals surface area contributed by atoms with Gasteiger partial charge in [0.25, 0.3) is 0 Å². The summed E-state index contributed by atoms with van der Waals surface area (Å²) in [4.78, 5) is 4.34. The molecule has 6 heteroatoms. The third-order valence-electron chi connectivity index (χ3n) is 2.76. The van der Waals surface area contributed by atoms with Crippen molar-refractivity contribution in [2.75, 3.05) is 12.8 Å². The molecule has 0 aliphatic carbocycles. The molecule has 106 valence electrons. The molecule has 19 heavy (non-hydrogen) atoms. The summed E-state index contributed by atoms with van der Waals surface area (Å²) in [5.41, 5.74) is 2.31. The van der Waals surface area contributed by atoms with Gasteiger partial charge in [-0.1, -0.05) is 24.3 Å². The zero-order valence-electron chi connectivity index (χ0n) is 11.2. The van der Waals surface area contributed by atoms with Crippen molar-refractivity contribution in [1.29, 1.82) is 0 Å². The van der Waals surface area contributed by atoms with Crippen molar-refractivity contribution >= 4 is 40.7 Å². The molecule has 0 amide bonds. The first-order valence-corrected chi connectivity index (χ1v) is 7.79. The molecule has 0 aromatic heterocycles. The Morgan fingerprint density at radius 2 is 2.00 bits per heavy atom. The fourth-order valence-electron chi connectivity index (χ4n) is 1.83. The van der Waals surface area contributed by atoms with Gasteiger partial charge in [-0.25, -0.2) is 0 Å². The minimum absolute atomic E-state index is 0. The first-order chi connectivity index (χ1) is 8.63. The number of nitrogens with one attached hydrogen (secondary N) is 2. The van der Waals surface area contributed by atoms with Crippen LogP contribution in [0.2, 0.25) is 0 Å². The van der Waals surface area contributed by atoms with Gasteiger partial charge in [-0.15, -0.1) is 24.0 Å². The summed E-state index contributed by atoms with van der Waals surface area (Å²) in [6, 6.07) is 8.62. The van der Waals surface area contributed by atoms with Gasteiger partial charge in [0.15, 0.2) is 5.96 Å². The number of guanidine groups is 1. The van der Waals surface area contributed by atoms with Crippen LogP contribution in [0.5, 0.6) is 0 Å². The molecule has 2 N–H and O–H groups in total. The Balaban J connectivity index is 0.00000180. The lowest BCUT2D eigenvalue weighted by Gasteiger charge is -2.09. The lowest BCUT2D eigenvalue weighted by molar-refractivity contribution is 0.686. The monoisotopic (exact) mass is 393 g/mol. The van der Waals surface area contributed by atoms with Crippen molar-refractivity contribution in [3.05, 3.63) is 35.4 Å². The van der Waals surface area contributed by atoms with Crippen molar-refractivity contribution < 1.29 is 4.21 Å². The molecule has 1 aromatic rings. The molecule has 2 atom stereocenters. The summed E-state index contributed by atoms with van der Waals surface area (Å²) >= 11 is 0. The van der Waals surface area contributed by atoms with Crippen LogP contribution >= 0.6 is 24.0 Å². The van der Waals surface area contributed by atoms with Gasteiger partial charge in [0.2, 0.25) is 0 Å². The van der Waals surface area contributed by atoms with Crippen molar-refractivity contribution in [3.63, 3.8) is 0 Å². The van der Waals surface area contributed by atoms with Crippen molar-refractivity contribution in [1.82, 2.24) is 10.6 Å². The number of hydrogen-bond acceptors (Lipinski definition) is 4. The number of nitrogens with zero attached hydrogens (tertiary/aromatic N) is 1. The second kappa shape index (κ2) is 7.84. The first-order valence-electron chi connectivity index (χ1n) is 6.06. The molecule has 0 spiro atoms. The Kier molecular flexibility index (Phi) is 6.78. The van der Waals surface area contributed by atoms with E-state index >= 15 is 0 Å². The van der Waals surface area contributed by atoms with Crippen molar-refractivity contribution in [2.24, 2.45) is 4.99 Å². The van der Waals surface area contributed by atoms with E-state index in [9.17, 15) is 4.21 Å². The van der Waals surface area contributed by atoms with Crippen LogP contribution in [0.1, 0.15) is 18.1 Å². The average Bonchev–Trinajstić information content (AvgIpc) is 2.74. The topological polar surface area (TPSA) is 53.5 Å². The van der Waals surface area contributed by atoms with Gasteiger partial charge < -0.3 is 10.6 Å². The predicted molar refractivity (Wildman–Crippen MR) is 91.4 cm³/mol. The lowest BCUT2D eigenvalue weighted by atomic mass is 10.1.